The maximum atomic E-state index is 6.12. The molecular formula is C15H24ClN3. The van der Waals surface area contributed by atoms with E-state index >= 15 is 0 Å². The molecular weight excluding hydrogens is 258 g/mol. The molecule has 0 radical (unpaired) electrons. The zero-order valence-electron chi connectivity index (χ0n) is 12.0. The quantitative estimate of drug-likeness (QED) is 0.477. The van der Waals surface area contributed by atoms with Gasteiger partial charge in [0.2, 0.25) is 0 Å². The summed E-state index contributed by atoms with van der Waals surface area (Å²) in [5.74, 6) is 0.886. The van der Waals surface area contributed by atoms with Crippen molar-refractivity contribution in [2.45, 2.75) is 39.7 Å². The van der Waals surface area contributed by atoms with Crippen molar-refractivity contribution in [2.24, 2.45) is 4.99 Å². The molecule has 106 valence electrons. The van der Waals surface area contributed by atoms with Gasteiger partial charge in [-0.1, -0.05) is 29.8 Å². The van der Waals surface area contributed by atoms with E-state index in [-0.39, 0.29) is 0 Å². The third-order valence-corrected chi connectivity index (χ3v) is 2.97. The fourth-order valence-corrected chi connectivity index (χ4v) is 1.99. The molecule has 1 aromatic carbocycles. The van der Waals surface area contributed by atoms with E-state index in [0.717, 1.165) is 36.9 Å². The van der Waals surface area contributed by atoms with Crippen molar-refractivity contribution in [1.82, 2.24) is 10.6 Å². The molecule has 0 aliphatic heterocycles. The minimum absolute atomic E-state index is 0.390. The Labute approximate surface area is 121 Å². The second-order valence-electron chi connectivity index (χ2n) is 4.75. The summed E-state index contributed by atoms with van der Waals surface area (Å²) in [6.07, 6.45) is 1.96. The van der Waals surface area contributed by atoms with Crippen molar-refractivity contribution in [2.75, 3.05) is 13.1 Å². The summed E-state index contributed by atoms with van der Waals surface area (Å²) in [5.41, 5.74) is 1.20. The summed E-state index contributed by atoms with van der Waals surface area (Å²) in [4.78, 5) is 4.55. The van der Waals surface area contributed by atoms with E-state index < -0.39 is 0 Å². The van der Waals surface area contributed by atoms with Crippen molar-refractivity contribution < 1.29 is 0 Å². The molecule has 0 fully saturated rings. The summed E-state index contributed by atoms with van der Waals surface area (Å²) in [6, 6.07) is 8.38. The van der Waals surface area contributed by atoms with Crippen LogP contribution < -0.4 is 10.6 Å². The van der Waals surface area contributed by atoms with Crippen LogP contribution in [0.5, 0.6) is 0 Å². The molecule has 0 saturated heterocycles. The van der Waals surface area contributed by atoms with Crippen LogP contribution in [0.1, 0.15) is 32.8 Å². The van der Waals surface area contributed by atoms with Gasteiger partial charge in [-0.2, -0.15) is 0 Å². The van der Waals surface area contributed by atoms with Gasteiger partial charge in [-0.15, -0.1) is 0 Å². The fraction of sp³-hybridized carbons (Fsp3) is 0.533. The number of halogens is 1. The first-order chi connectivity index (χ1) is 9.13. The number of aryl methyl sites for hydroxylation is 1. The lowest BCUT2D eigenvalue weighted by Crippen LogP contribution is -2.41. The van der Waals surface area contributed by atoms with Gasteiger partial charge < -0.3 is 10.6 Å². The first kappa shape index (κ1) is 15.8. The molecule has 1 aromatic rings. The average molecular weight is 282 g/mol. The molecule has 2 N–H and O–H groups in total. The van der Waals surface area contributed by atoms with Gasteiger partial charge in [0.05, 0.1) is 0 Å². The molecule has 0 heterocycles. The number of hydrogen-bond donors (Lipinski definition) is 2. The van der Waals surface area contributed by atoms with Gasteiger partial charge in [-0.25, -0.2) is 0 Å². The molecule has 3 nitrogen and oxygen atoms in total. The first-order valence-corrected chi connectivity index (χ1v) is 7.29. The fourth-order valence-electron chi connectivity index (χ4n) is 1.75. The molecule has 0 amide bonds. The highest BCUT2D eigenvalue weighted by Crippen LogP contribution is 2.16. The predicted octanol–water partition coefficient (Wildman–Crippen LogP) is 3.24. The number of nitrogens with zero attached hydrogens (tertiary/aromatic N) is 1. The van der Waals surface area contributed by atoms with Crippen LogP contribution in [0.2, 0.25) is 5.02 Å². The Morgan fingerprint density at radius 3 is 2.68 bits per heavy atom. The Kier molecular flexibility index (Phi) is 7.34. The van der Waals surface area contributed by atoms with Crippen LogP contribution in [-0.4, -0.2) is 25.1 Å². The normalized spacial score (nSPS) is 11.7. The molecule has 0 atom stereocenters. The van der Waals surface area contributed by atoms with E-state index in [1.165, 1.54) is 5.56 Å². The molecule has 0 aliphatic carbocycles. The monoisotopic (exact) mass is 281 g/mol. The van der Waals surface area contributed by atoms with Crippen molar-refractivity contribution in [3.05, 3.63) is 34.9 Å². The van der Waals surface area contributed by atoms with Gasteiger partial charge in [0.25, 0.3) is 0 Å². The third-order valence-electron chi connectivity index (χ3n) is 2.60. The highest BCUT2D eigenvalue weighted by Gasteiger charge is 2.00. The van der Waals surface area contributed by atoms with E-state index in [2.05, 4.69) is 42.5 Å². The van der Waals surface area contributed by atoms with E-state index in [1.807, 2.05) is 18.2 Å². The minimum atomic E-state index is 0.390. The molecule has 0 aromatic heterocycles. The van der Waals surface area contributed by atoms with Gasteiger partial charge in [0.1, 0.15) is 0 Å². The van der Waals surface area contributed by atoms with Crippen LogP contribution >= 0.6 is 11.6 Å². The van der Waals surface area contributed by atoms with Gasteiger partial charge in [0, 0.05) is 24.2 Å². The number of guanidine groups is 1. The molecule has 1 rings (SSSR count). The minimum Gasteiger partial charge on any atom is -0.357 e. The van der Waals surface area contributed by atoms with Crippen molar-refractivity contribution in [1.29, 1.82) is 0 Å². The Morgan fingerprint density at radius 1 is 1.32 bits per heavy atom. The Balaban J connectivity index is 2.40. The summed E-state index contributed by atoms with van der Waals surface area (Å²) >= 11 is 6.12. The summed E-state index contributed by atoms with van der Waals surface area (Å²) < 4.78 is 0. The van der Waals surface area contributed by atoms with Crippen LogP contribution in [0.4, 0.5) is 0 Å². The van der Waals surface area contributed by atoms with E-state index in [9.17, 15) is 0 Å². The second-order valence-corrected chi connectivity index (χ2v) is 5.16. The van der Waals surface area contributed by atoms with Crippen LogP contribution in [-0.2, 0) is 6.42 Å². The van der Waals surface area contributed by atoms with E-state index in [4.69, 9.17) is 11.6 Å². The smallest absolute Gasteiger partial charge is 0.191 e. The highest BCUT2D eigenvalue weighted by atomic mass is 35.5. The first-order valence-electron chi connectivity index (χ1n) is 6.91. The van der Waals surface area contributed by atoms with Crippen LogP contribution in [0.15, 0.2) is 29.3 Å². The molecule has 19 heavy (non-hydrogen) atoms. The predicted molar refractivity (Wildman–Crippen MR) is 84.0 cm³/mol. The van der Waals surface area contributed by atoms with Gasteiger partial charge in [0.15, 0.2) is 5.96 Å². The maximum absolute atomic E-state index is 6.12. The largest absolute Gasteiger partial charge is 0.357 e. The summed E-state index contributed by atoms with van der Waals surface area (Å²) in [7, 11) is 0. The van der Waals surface area contributed by atoms with Gasteiger partial charge in [-0.05, 0) is 45.2 Å². The molecule has 0 saturated carbocycles. The average Bonchev–Trinajstić information content (AvgIpc) is 2.36. The topological polar surface area (TPSA) is 36.4 Å². The third kappa shape index (κ3) is 6.48. The number of aliphatic imine (C=N–C) groups is 1. The Bertz CT molecular complexity index is 402. The molecule has 0 aliphatic rings. The number of hydrogen-bond acceptors (Lipinski definition) is 1. The van der Waals surface area contributed by atoms with Gasteiger partial charge in [-0.3, -0.25) is 4.99 Å². The maximum Gasteiger partial charge on any atom is 0.191 e. The standard InChI is InChI=1S/C15H24ClN3/c1-4-17-15(19-12(2)3)18-11-7-9-13-8-5-6-10-14(13)16/h5-6,8,10,12H,4,7,9,11H2,1-3H3,(H2,17,18,19). The lowest BCUT2D eigenvalue weighted by atomic mass is 10.1. The second kappa shape index (κ2) is 8.81. The van der Waals surface area contributed by atoms with Crippen molar-refractivity contribution >= 4 is 17.6 Å². The SMILES string of the molecule is CCNC(=NCCCc1ccccc1Cl)NC(C)C. The number of nitrogens with one attached hydrogen (secondary N) is 2. The van der Waals surface area contributed by atoms with E-state index in [1.54, 1.807) is 0 Å². The molecule has 0 bridgehead atoms. The van der Waals surface area contributed by atoms with Crippen LogP contribution in [0.3, 0.4) is 0 Å². The Morgan fingerprint density at radius 2 is 2.05 bits per heavy atom. The van der Waals surface area contributed by atoms with Crippen molar-refractivity contribution in [3.63, 3.8) is 0 Å². The zero-order valence-corrected chi connectivity index (χ0v) is 12.8. The summed E-state index contributed by atoms with van der Waals surface area (Å²) in [5, 5.41) is 7.39. The zero-order chi connectivity index (χ0) is 14.1. The summed E-state index contributed by atoms with van der Waals surface area (Å²) in [6.45, 7) is 7.96. The van der Waals surface area contributed by atoms with E-state index in [0.29, 0.717) is 6.04 Å². The van der Waals surface area contributed by atoms with Gasteiger partial charge >= 0.3 is 0 Å². The number of benzene rings is 1. The molecule has 0 spiro atoms. The van der Waals surface area contributed by atoms with Crippen LogP contribution in [0, 0.1) is 0 Å². The highest BCUT2D eigenvalue weighted by molar-refractivity contribution is 6.31. The lowest BCUT2D eigenvalue weighted by molar-refractivity contribution is 0.696. The van der Waals surface area contributed by atoms with Crippen LogP contribution in [0.25, 0.3) is 0 Å². The lowest BCUT2D eigenvalue weighted by Gasteiger charge is -2.13. The number of rotatable bonds is 6. The molecule has 0 unspecified atom stereocenters. The Hall–Kier alpha value is -1.22. The molecule has 4 heteroatoms. The van der Waals surface area contributed by atoms with Crippen molar-refractivity contribution in [3.8, 4) is 0 Å².